The van der Waals surface area contributed by atoms with Gasteiger partial charge in [0.2, 0.25) is 0 Å². The van der Waals surface area contributed by atoms with Gasteiger partial charge in [0.15, 0.2) is 6.23 Å². The maximum Gasteiger partial charge on any atom is 0.412 e. The van der Waals surface area contributed by atoms with Crippen LogP contribution in [0.25, 0.3) is 0 Å². The van der Waals surface area contributed by atoms with Crippen LogP contribution in [0.4, 0.5) is 4.79 Å². The van der Waals surface area contributed by atoms with E-state index in [2.05, 4.69) is 6.92 Å². The Kier molecular flexibility index (Phi) is 4.12. The highest BCUT2D eigenvalue weighted by molar-refractivity contribution is 5.69. The number of nitrogens with zero attached hydrogens (tertiary/aromatic N) is 1. The summed E-state index contributed by atoms with van der Waals surface area (Å²) >= 11 is 0. The third kappa shape index (κ3) is 2.76. The normalized spacial score (nSPS) is 31.2. The van der Waals surface area contributed by atoms with Crippen LogP contribution in [-0.2, 0) is 14.2 Å². The molecule has 0 bridgehead atoms. The topological polar surface area (TPSA) is 51.3 Å². The van der Waals surface area contributed by atoms with E-state index in [1.807, 2.05) is 37.3 Å². The Bertz CT molecular complexity index is 492. The lowest BCUT2D eigenvalue weighted by Gasteiger charge is -2.26. The first kappa shape index (κ1) is 14.4. The molecule has 0 aliphatic carbocycles. The monoisotopic (exact) mass is 291 g/mol. The van der Waals surface area contributed by atoms with Crippen LogP contribution in [0.3, 0.4) is 0 Å². The highest BCUT2D eigenvalue weighted by Gasteiger charge is 2.53. The minimum atomic E-state index is -0.348. The van der Waals surface area contributed by atoms with Gasteiger partial charge in [0.05, 0.1) is 25.4 Å². The van der Waals surface area contributed by atoms with Crippen molar-refractivity contribution in [3.05, 3.63) is 35.9 Å². The van der Waals surface area contributed by atoms with E-state index in [0.717, 1.165) is 12.0 Å². The summed E-state index contributed by atoms with van der Waals surface area (Å²) in [6.45, 7) is 4.71. The van der Waals surface area contributed by atoms with Crippen molar-refractivity contribution in [2.45, 2.75) is 44.7 Å². The Morgan fingerprint density at radius 2 is 2.10 bits per heavy atom. The van der Waals surface area contributed by atoms with Gasteiger partial charge < -0.3 is 14.2 Å². The maximum atomic E-state index is 12.3. The lowest BCUT2D eigenvalue weighted by molar-refractivity contribution is 0.00522. The van der Waals surface area contributed by atoms with Gasteiger partial charge in [-0.15, -0.1) is 0 Å². The fourth-order valence-corrected chi connectivity index (χ4v) is 2.88. The van der Waals surface area contributed by atoms with E-state index in [4.69, 9.17) is 14.2 Å². The Labute approximate surface area is 124 Å². The maximum absolute atomic E-state index is 12.3. The average Bonchev–Trinajstić information content (AvgIpc) is 3.17. The molecule has 2 aliphatic heterocycles. The molecule has 114 valence electrons. The van der Waals surface area contributed by atoms with Gasteiger partial charge >= 0.3 is 6.09 Å². The van der Waals surface area contributed by atoms with E-state index < -0.39 is 0 Å². The van der Waals surface area contributed by atoms with Gasteiger partial charge in [-0.1, -0.05) is 37.3 Å². The number of carbonyl (C=O) groups excluding carboxylic acids is 1. The molecular weight excluding hydrogens is 270 g/mol. The van der Waals surface area contributed by atoms with Crippen molar-refractivity contribution in [3.8, 4) is 0 Å². The number of hydrogen-bond donors (Lipinski definition) is 0. The summed E-state index contributed by atoms with van der Waals surface area (Å²) in [6.07, 6.45) is 0.393. The minimum absolute atomic E-state index is 0.0341. The SMILES string of the molecule is CCOC(=O)N1C([C@@H]2O[C@@H]2CC)OC[C@H]1c1ccccc1. The van der Waals surface area contributed by atoms with E-state index in [-0.39, 0.29) is 30.6 Å². The molecule has 21 heavy (non-hydrogen) atoms. The zero-order valence-corrected chi connectivity index (χ0v) is 12.4. The average molecular weight is 291 g/mol. The van der Waals surface area contributed by atoms with E-state index >= 15 is 0 Å². The van der Waals surface area contributed by atoms with Gasteiger partial charge in [0.25, 0.3) is 0 Å². The molecular formula is C16H21NO4. The van der Waals surface area contributed by atoms with Crippen LogP contribution in [-0.4, -0.2) is 42.6 Å². The van der Waals surface area contributed by atoms with Crippen molar-refractivity contribution in [3.63, 3.8) is 0 Å². The van der Waals surface area contributed by atoms with Crippen molar-refractivity contribution in [2.24, 2.45) is 0 Å². The van der Waals surface area contributed by atoms with Crippen LogP contribution in [0.5, 0.6) is 0 Å². The lowest BCUT2D eigenvalue weighted by Crippen LogP contribution is -2.41. The van der Waals surface area contributed by atoms with Crippen molar-refractivity contribution in [1.82, 2.24) is 4.90 Å². The Morgan fingerprint density at radius 1 is 1.33 bits per heavy atom. The molecule has 2 fully saturated rings. The number of carbonyl (C=O) groups is 1. The van der Waals surface area contributed by atoms with Crippen molar-refractivity contribution < 1.29 is 19.0 Å². The molecule has 4 atom stereocenters. The van der Waals surface area contributed by atoms with Crippen LogP contribution < -0.4 is 0 Å². The van der Waals surface area contributed by atoms with E-state index in [1.54, 1.807) is 4.90 Å². The summed E-state index contributed by atoms with van der Waals surface area (Å²) in [4.78, 5) is 14.0. The standard InChI is InChI=1S/C16H21NO4/c1-3-13-14(21-13)15-17(16(18)19-4-2)12(10-20-15)11-8-6-5-7-9-11/h5-9,12-15H,3-4,10H2,1-2H3/t12-,13+,14+,15?/m0/s1. The molecule has 5 heteroatoms. The summed E-state index contributed by atoms with van der Waals surface area (Å²) in [5.41, 5.74) is 1.06. The highest BCUT2D eigenvalue weighted by atomic mass is 16.6. The van der Waals surface area contributed by atoms with Gasteiger partial charge in [-0.25, -0.2) is 4.79 Å². The summed E-state index contributed by atoms with van der Waals surface area (Å²) in [5, 5.41) is 0. The number of hydrogen-bond acceptors (Lipinski definition) is 4. The molecule has 1 aromatic rings. The molecule has 1 unspecified atom stereocenters. The summed E-state index contributed by atoms with van der Waals surface area (Å²) in [5.74, 6) is 0. The van der Waals surface area contributed by atoms with Gasteiger partial charge in [0, 0.05) is 0 Å². The van der Waals surface area contributed by atoms with Gasteiger partial charge in [0.1, 0.15) is 6.10 Å². The summed E-state index contributed by atoms with van der Waals surface area (Å²) < 4.78 is 16.7. The number of rotatable bonds is 4. The Hall–Kier alpha value is -1.59. The molecule has 0 spiro atoms. The second-order valence-electron chi connectivity index (χ2n) is 5.30. The van der Waals surface area contributed by atoms with Gasteiger partial charge in [-0.2, -0.15) is 0 Å². The smallest absolute Gasteiger partial charge is 0.412 e. The predicted molar refractivity (Wildman–Crippen MR) is 76.7 cm³/mol. The zero-order chi connectivity index (χ0) is 14.8. The van der Waals surface area contributed by atoms with Crippen LogP contribution in [0.2, 0.25) is 0 Å². The number of ether oxygens (including phenoxy) is 3. The Morgan fingerprint density at radius 3 is 2.71 bits per heavy atom. The summed E-state index contributed by atoms with van der Waals surface area (Å²) in [6, 6.07) is 9.80. The fraction of sp³-hybridized carbons (Fsp3) is 0.562. The lowest BCUT2D eigenvalue weighted by atomic mass is 10.1. The summed E-state index contributed by atoms with van der Waals surface area (Å²) in [7, 11) is 0. The number of benzene rings is 1. The molecule has 1 amide bonds. The molecule has 0 aromatic heterocycles. The van der Waals surface area contributed by atoms with E-state index in [1.165, 1.54) is 0 Å². The van der Waals surface area contributed by atoms with Crippen molar-refractivity contribution in [2.75, 3.05) is 13.2 Å². The third-order valence-corrected chi connectivity index (χ3v) is 4.00. The van der Waals surface area contributed by atoms with Gasteiger partial charge in [-0.3, -0.25) is 4.90 Å². The molecule has 0 N–H and O–H groups in total. The molecule has 5 nitrogen and oxygen atoms in total. The second kappa shape index (κ2) is 6.03. The van der Waals surface area contributed by atoms with E-state index in [0.29, 0.717) is 13.2 Å². The molecule has 2 aliphatic rings. The third-order valence-electron chi connectivity index (χ3n) is 4.00. The first-order valence-corrected chi connectivity index (χ1v) is 7.53. The van der Waals surface area contributed by atoms with E-state index in [9.17, 15) is 4.79 Å². The largest absolute Gasteiger partial charge is 0.450 e. The van der Waals surface area contributed by atoms with Crippen LogP contribution in [0, 0.1) is 0 Å². The predicted octanol–water partition coefficient (Wildman–Crippen LogP) is 2.72. The van der Waals surface area contributed by atoms with Crippen molar-refractivity contribution in [1.29, 1.82) is 0 Å². The highest BCUT2D eigenvalue weighted by Crippen LogP contribution is 2.40. The van der Waals surface area contributed by atoms with Crippen LogP contribution >= 0.6 is 0 Å². The molecule has 2 heterocycles. The number of epoxide rings is 1. The quantitative estimate of drug-likeness (QED) is 0.800. The van der Waals surface area contributed by atoms with Gasteiger partial charge in [-0.05, 0) is 18.9 Å². The molecule has 3 rings (SSSR count). The molecule has 0 radical (unpaired) electrons. The van der Waals surface area contributed by atoms with Crippen molar-refractivity contribution >= 4 is 6.09 Å². The zero-order valence-electron chi connectivity index (χ0n) is 12.4. The second-order valence-corrected chi connectivity index (χ2v) is 5.30. The molecule has 1 aromatic carbocycles. The fourth-order valence-electron chi connectivity index (χ4n) is 2.88. The minimum Gasteiger partial charge on any atom is -0.450 e. The Balaban J connectivity index is 1.82. The first-order chi connectivity index (χ1) is 10.3. The number of amides is 1. The van der Waals surface area contributed by atoms with Crippen LogP contribution in [0.1, 0.15) is 31.9 Å². The molecule has 0 saturated carbocycles. The molecule has 2 saturated heterocycles. The van der Waals surface area contributed by atoms with Crippen LogP contribution in [0.15, 0.2) is 30.3 Å². The first-order valence-electron chi connectivity index (χ1n) is 7.53.